The summed E-state index contributed by atoms with van der Waals surface area (Å²) in [5.41, 5.74) is 3.92. The van der Waals surface area contributed by atoms with Crippen LogP contribution < -0.4 is 24.3 Å². The molecule has 5 rings (SSSR count). The Morgan fingerprint density at radius 3 is 2.65 bits per heavy atom. The lowest BCUT2D eigenvalue weighted by Gasteiger charge is -2.18. The van der Waals surface area contributed by atoms with Crippen LogP contribution in [0, 0.1) is 0 Å². The van der Waals surface area contributed by atoms with Gasteiger partial charge in [0.2, 0.25) is 12.7 Å². The van der Waals surface area contributed by atoms with Crippen molar-refractivity contribution in [1.82, 2.24) is 10.3 Å². The zero-order chi connectivity index (χ0) is 23.5. The fraction of sp³-hybridized carbons (Fsp3) is 0.222. The minimum atomic E-state index is -0.213. The number of methoxy groups -OCH3 is 2. The maximum absolute atomic E-state index is 13.1. The van der Waals surface area contributed by atoms with Gasteiger partial charge in [0.25, 0.3) is 0 Å². The van der Waals surface area contributed by atoms with Crippen LogP contribution in [-0.2, 0) is 11.3 Å². The number of aromatic nitrogens is 1. The SMILES string of the molecule is COc1ccc(CNC(=O)CC(c2ccc3c(c2)OCO3)c2c[nH]c3cccc(OC)c23)cc1. The van der Waals surface area contributed by atoms with Crippen molar-refractivity contribution in [3.8, 4) is 23.0 Å². The van der Waals surface area contributed by atoms with Gasteiger partial charge < -0.3 is 29.2 Å². The summed E-state index contributed by atoms with van der Waals surface area (Å²) in [6.07, 6.45) is 2.22. The number of amides is 1. The molecule has 2 heterocycles. The van der Waals surface area contributed by atoms with Gasteiger partial charge in [0.05, 0.1) is 14.2 Å². The van der Waals surface area contributed by atoms with Crippen molar-refractivity contribution in [3.63, 3.8) is 0 Å². The van der Waals surface area contributed by atoms with Crippen LogP contribution in [0.2, 0.25) is 0 Å². The molecule has 1 aliphatic rings. The summed E-state index contributed by atoms with van der Waals surface area (Å²) in [4.78, 5) is 16.4. The number of aromatic amines is 1. The molecule has 1 unspecified atom stereocenters. The first-order chi connectivity index (χ1) is 16.7. The molecule has 4 aromatic rings. The molecule has 3 aromatic carbocycles. The van der Waals surface area contributed by atoms with E-state index in [1.807, 2.05) is 66.9 Å². The molecule has 0 aliphatic carbocycles. The van der Waals surface area contributed by atoms with Gasteiger partial charge in [-0.1, -0.05) is 24.3 Å². The molecule has 0 saturated carbocycles. The largest absolute Gasteiger partial charge is 0.497 e. The third-order valence-corrected chi connectivity index (χ3v) is 6.13. The Hall–Kier alpha value is -4.13. The number of benzene rings is 3. The van der Waals surface area contributed by atoms with E-state index in [0.717, 1.165) is 39.1 Å². The van der Waals surface area contributed by atoms with Gasteiger partial charge in [-0.25, -0.2) is 0 Å². The van der Waals surface area contributed by atoms with E-state index in [1.54, 1.807) is 14.2 Å². The number of nitrogens with one attached hydrogen (secondary N) is 2. The van der Waals surface area contributed by atoms with Gasteiger partial charge >= 0.3 is 0 Å². The van der Waals surface area contributed by atoms with E-state index in [1.165, 1.54) is 0 Å². The van der Waals surface area contributed by atoms with Crippen LogP contribution in [0.1, 0.15) is 29.0 Å². The highest BCUT2D eigenvalue weighted by Crippen LogP contribution is 2.41. The fourth-order valence-electron chi connectivity index (χ4n) is 4.36. The van der Waals surface area contributed by atoms with E-state index < -0.39 is 0 Å². The molecule has 0 fully saturated rings. The molecule has 0 bridgehead atoms. The van der Waals surface area contributed by atoms with E-state index >= 15 is 0 Å². The second-order valence-electron chi connectivity index (χ2n) is 8.12. The third kappa shape index (κ3) is 4.24. The van der Waals surface area contributed by atoms with Crippen LogP contribution >= 0.6 is 0 Å². The van der Waals surface area contributed by atoms with Gasteiger partial charge in [-0.3, -0.25) is 4.79 Å². The van der Waals surface area contributed by atoms with Crippen molar-refractivity contribution in [3.05, 3.63) is 83.6 Å². The average Bonchev–Trinajstić information content (AvgIpc) is 3.53. The van der Waals surface area contributed by atoms with Crippen molar-refractivity contribution < 1.29 is 23.7 Å². The molecule has 1 aromatic heterocycles. The molecular formula is C27H26N2O5. The van der Waals surface area contributed by atoms with E-state index in [4.69, 9.17) is 18.9 Å². The highest BCUT2D eigenvalue weighted by Gasteiger charge is 2.25. The Kier molecular flexibility index (Phi) is 5.99. The van der Waals surface area contributed by atoms with E-state index in [0.29, 0.717) is 18.0 Å². The molecule has 34 heavy (non-hydrogen) atoms. The first-order valence-electron chi connectivity index (χ1n) is 11.1. The van der Waals surface area contributed by atoms with Crippen LogP contribution in [0.25, 0.3) is 10.9 Å². The minimum absolute atomic E-state index is 0.0530. The minimum Gasteiger partial charge on any atom is -0.497 e. The molecule has 0 radical (unpaired) electrons. The maximum Gasteiger partial charge on any atom is 0.231 e. The predicted octanol–water partition coefficient (Wildman–Crippen LogP) is 4.75. The molecule has 0 saturated heterocycles. The van der Waals surface area contributed by atoms with Gasteiger partial charge in [-0.15, -0.1) is 0 Å². The Labute approximate surface area is 197 Å². The lowest BCUT2D eigenvalue weighted by Crippen LogP contribution is -2.25. The van der Waals surface area contributed by atoms with Gasteiger partial charge in [0.15, 0.2) is 11.5 Å². The summed E-state index contributed by atoms with van der Waals surface area (Å²) in [5, 5.41) is 4.02. The molecule has 7 heteroatoms. The van der Waals surface area contributed by atoms with Crippen LogP contribution in [0.5, 0.6) is 23.0 Å². The number of ether oxygens (including phenoxy) is 4. The lowest BCUT2D eigenvalue weighted by molar-refractivity contribution is -0.121. The summed E-state index contributed by atoms with van der Waals surface area (Å²) in [6.45, 7) is 0.639. The molecular weight excluding hydrogens is 432 g/mol. The van der Waals surface area contributed by atoms with Crippen molar-refractivity contribution in [1.29, 1.82) is 0 Å². The summed E-state index contributed by atoms with van der Waals surface area (Å²) in [6, 6.07) is 19.4. The highest BCUT2D eigenvalue weighted by atomic mass is 16.7. The number of rotatable bonds is 8. The number of H-pyrrole nitrogens is 1. The second kappa shape index (κ2) is 9.39. The maximum atomic E-state index is 13.1. The normalized spacial score (nSPS) is 13.0. The summed E-state index contributed by atoms with van der Waals surface area (Å²) in [7, 11) is 3.29. The first kappa shape index (κ1) is 21.7. The van der Waals surface area contributed by atoms with Crippen molar-refractivity contribution in [2.75, 3.05) is 21.0 Å². The quantitative estimate of drug-likeness (QED) is 0.398. The number of hydrogen-bond donors (Lipinski definition) is 2. The van der Waals surface area contributed by atoms with Crippen LogP contribution in [-0.4, -0.2) is 31.9 Å². The molecule has 2 N–H and O–H groups in total. The zero-order valence-corrected chi connectivity index (χ0v) is 19.1. The van der Waals surface area contributed by atoms with Gasteiger partial charge in [0, 0.05) is 36.0 Å². The van der Waals surface area contributed by atoms with Gasteiger partial charge in [-0.05, 0) is 53.1 Å². The van der Waals surface area contributed by atoms with Crippen molar-refractivity contribution >= 4 is 16.8 Å². The van der Waals surface area contributed by atoms with Crippen molar-refractivity contribution in [2.45, 2.75) is 18.9 Å². The molecule has 0 spiro atoms. The smallest absolute Gasteiger partial charge is 0.231 e. The van der Waals surface area contributed by atoms with Gasteiger partial charge in [0.1, 0.15) is 11.5 Å². The van der Waals surface area contributed by atoms with E-state index in [9.17, 15) is 4.79 Å². The molecule has 1 atom stereocenters. The third-order valence-electron chi connectivity index (χ3n) is 6.13. The highest BCUT2D eigenvalue weighted by molar-refractivity contribution is 5.91. The lowest BCUT2D eigenvalue weighted by atomic mass is 9.87. The van der Waals surface area contributed by atoms with Gasteiger partial charge in [-0.2, -0.15) is 0 Å². The molecule has 1 amide bonds. The predicted molar refractivity (Wildman–Crippen MR) is 129 cm³/mol. The number of carbonyl (C=O) groups excluding carboxylic acids is 1. The summed E-state index contributed by atoms with van der Waals surface area (Å²) < 4.78 is 21.9. The zero-order valence-electron chi connectivity index (χ0n) is 19.1. The topological polar surface area (TPSA) is 81.8 Å². The first-order valence-corrected chi connectivity index (χ1v) is 11.1. The molecule has 7 nitrogen and oxygen atoms in total. The Bertz CT molecular complexity index is 1310. The summed E-state index contributed by atoms with van der Waals surface area (Å²) >= 11 is 0. The Morgan fingerprint density at radius 1 is 1.03 bits per heavy atom. The number of carbonyl (C=O) groups is 1. The van der Waals surface area contributed by atoms with Crippen molar-refractivity contribution in [2.24, 2.45) is 0 Å². The van der Waals surface area contributed by atoms with Crippen LogP contribution in [0.3, 0.4) is 0 Å². The number of fused-ring (bicyclic) bond motifs is 2. The number of hydrogen-bond acceptors (Lipinski definition) is 5. The Balaban J connectivity index is 1.44. The average molecular weight is 459 g/mol. The standard InChI is InChI=1S/C27H26N2O5/c1-31-19-9-6-17(7-10-19)14-29-26(30)13-20(18-8-11-23-25(12-18)34-16-33-23)21-15-28-22-4-3-5-24(32-2)27(21)22/h3-12,15,20,28H,13-14,16H2,1-2H3,(H,29,30). The second-order valence-corrected chi connectivity index (χ2v) is 8.12. The van der Waals surface area contributed by atoms with Crippen LogP contribution in [0.15, 0.2) is 66.9 Å². The molecule has 174 valence electrons. The van der Waals surface area contributed by atoms with Crippen LogP contribution in [0.4, 0.5) is 0 Å². The van der Waals surface area contributed by atoms with E-state index in [-0.39, 0.29) is 25.0 Å². The summed E-state index contributed by atoms with van der Waals surface area (Å²) in [5.74, 6) is 2.68. The Morgan fingerprint density at radius 2 is 1.85 bits per heavy atom. The monoisotopic (exact) mass is 458 g/mol. The van der Waals surface area contributed by atoms with E-state index in [2.05, 4.69) is 10.3 Å². The molecule has 1 aliphatic heterocycles. The fourth-order valence-corrected chi connectivity index (χ4v) is 4.36.